The highest BCUT2D eigenvalue weighted by atomic mass is 16.5. The Morgan fingerprint density at radius 3 is 1.82 bits per heavy atom. The maximum absolute atomic E-state index is 14.1. The molecule has 244 valence electrons. The van der Waals surface area contributed by atoms with Gasteiger partial charge in [-0.1, -0.05) is 90.1 Å². The number of hydrogen-bond donors (Lipinski definition) is 0. The normalized spacial score (nSPS) is 13.4. The molecule has 0 fully saturated rings. The minimum absolute atomic E-state index is 0.00103. The lowest BCUT2D eigenvalue weighted by molar-refractivity contribution is 0.444. The molecule has 5 nitrogen and oxygen atoms in total. The summed E-state index contributed by atoms with van der Waals surface area (Å²) in [4.78, 5) is 14.1. The summed E-state index contributed by atoms with van der Waals surface area (Å²) >= 11 is 0. The van der Waals surface area contributed by atoms with Crippen molar-refractivity contribution in [2.24, 2.45) is 0 Å². The molecular weight excluding hydrogens is 618 g/mol. The minimum atomic E-state index is -0.0436. The molecule has 0 bridgehead atoms. The van der Waals surface area contributed by atoms with Gasteiger partial charge in [-0.3, -0.25) is 9.36 Å². The Balaban J connectivity index is 1.12. The van der Waals surface area contributed by atoms with Crippen LogP contribution in [0.2, 0.25) is 0 Å². The molecule has 0 radical (unpaired) electrons. The minimum Gasteiger partial charge on any atom is -0.456 e. The third-order valence-corrected chi connectivity index (χ3v) is 10.4. The summed E-state index contributed by atoms with van der Waals surface area (Å²) < 4.78 is 21.6. The number of hydrogen-bond acceptors (Lipinski definition) is 4. The predicted molar refractivity (Wildman–Crippen MR) is 203 cm³/mol. The monoisotopic (exact) mass is 653 g/mol. The van der Waals surface area contributed by atoms with Gasteiger partial charge in [0.1, 0.15) is 16.9 Å². The average molecular weight is 654 g/mol. The molecule has 6 aromatic carbocycles. The van der Waals surface area contributed by atoms with Crippen molar-refractivity contribution in [2.45, 2.75) is 52.4 Å². The van der Waals surface area contributed by atoms with Gasteiger partial charge in [0.2, 0.25) is 5.43 Å². The highest BCUT2D eigenvalue weighted by Gasteiger charge is 2.32. The Morgan fingerprint density at radius 1 is 0.480 bits per heavy atom. The molecule has 0 aliphatic carbocycles. The van der Waals surface area contributed by atoms with E-state index in [1.165, 1.54) is 11.1 Å². The SMILES string of the molecule is CC(C)(C)c1cc(-c2ccc3c(=O)c4cc(-c5cc6c7c(c5)c5cccc8c5n7-c5c(cccc5O6)O8)ccc4oc3c2)cc(C(C)(C)C)c1. The summed E-state index contributed by atoms with van der Waals surface area (Å²) in [5.41, 5.74) is 10.7. The summed E-state index contributed by atoms with van der Waals surface area (Å²) in [7, 11) is 0. The first-order valence-electron chi connectivity index (χ1n) is 17.2. The first kappa shape index (κ1) is 29.1. The van der Waals surface area contributed by atoms with Crippen LogP contribution in [0.5, 0.6) is 23.0 Å². The predicted octanol–water partition coefficient (Wildman–Crippen LogP) is 12.2. The lowest BCUT2D eigenvalue weighted by atomic mass is 9.79. The van der Waals surface area contributed by atoms with Crippen LogP contribution in [0.25, 0.3) is 71.7 Å². The van der Waals surface area contributed by atoms with Crippen molar-refractivity contribution in [1.29, 1.82) is 0 Å². The van der Waals surface area contributed by atoms with E-state index >= 15 is 0 Å². The smallest absolute Gasteiger partial charge is 0.200 e. The Bertz CT molecular complexity index is 2820. The van der Waals surface area contributed by atoms with Crippen LogP contribution in [-0.4, -0.2) is 4.57 Å². The molecule has 0 spiro atoms. The van der Waals surface area contributed by atoms with Crippen LogP contribution in [0, 0.1) is 0 Å². The zero-order valence-corrected chi connectivity index (χ0v) is 28.9. The molecule has 0 unspecified atom stereocenters. The molecule has 5 heteroatoms. The van der Waals surface area contributed by atoms with Crippen molar-refractivity contribution in [3.63, 3.8) is 0 Å². The van der Waals surface area contributed by atoms with Gasteiger partial charge in [0.15, 0.2) is 23.0 Å². The molecule has 10 rings (SSSR count). The van der Waals surface area contributed by atoms with Gasteiger partial charge in [0, 0.05) is 10.8 Å². The fraction of sp³-hybridized carbons (Fsp3) is 0.178. The van der Waals surface area contributed by atoms with Crippen molar-refractivity contribution < 1.29 is 13.9 Å². The number of ether oxygens (including phenoxy) is 2. The average Bonchev–Trinajstić information content (AvgIpc) is 3.43. The Kier molecular flexibility index (Phi) is 5.63. The molecule has 50 heavy (non-hydrogen) atoms. The van der Waals surface area contributed by atoms with Crippen molar-refractivity contribution in [3.8, 4) is 50.9 Å². The van der Waals surface area contributed by atoms with E-state index < -0.39 is 0 Å². The summed E-state index contributed by atoms with van der Waals surface area (Å²) in [6, 6.07) is 35.1. The Hall–Kier alpha value is -5.81. The van der Waals surface area contributed by atoms with Gasteiger partial charge in [0.25, 0.3) is 0 Å². The topological polar surface area (TPSA) is 53.6 Å². The van der Waals surface area contributed by atoms with Crippen LogP contribution < -0.4 is 14.9 Å². The summed E-state index contributed by atoms with van der Waals surface area (Å²) in [5.74, 6) is 3.13. The Morgan fingerprint density at radius 2 is 1.08 bits per heavy atom. The molecule has 0 N–H and O–H groups in total. The van der Waals surface area contributed by atoms with E-state index in [9.17, 15) is 4.79 Å². The van der Waals surface area contributed by atoms with Crippen LogP contribution >= 0.6 is 0 Å². The Labute approximate surface area is 289 Å². The maximum atomic E-state index is 14.1. The number of rotatable bonds is 2. The molecule has 0 saturated carbocycles. The van der Waals surface area contributed by atoms with Crippen molar-refractivity contribution >= 4 is 43.7 Å². The molecule has 2 aliphatic heterocycles. The van der Waals surface area contributed by atoms with Gasteiger partial charge in [-0.05, 0) is 98.8 Å². The van der Waals surface area contributed by atoms with Crippen LogP contribution in [0.3, 0.4) is 0 Å². The summed E-state index contributed by atoms with van der Waals surface area (Å²) in [6.07, 6.45) is 0. The third-order valence-electron chi connectivity index (χ3n) is 10.4. The second-order valence-corrected chi connectivity index (χ2v) is 15.8. The number of benzene rings is 6. The molecule has 0 atom stereocenters. The third kappa shape index (κ3) is 4.10. The van der Waals surface area contributed by atoms with E-state index in [0.29, 0.717) is 21.9 Å². The molecule has 8 aromatic rings. The maximum Gasteiger partial charge on any atom is 0.200 e. The highest BCUT2D eigenvalue weighted by molar-refractivity contribution is 6.16. The van der Waals surface area contributed by atoms with Gasteiger partial charge in [-0.2, -0.15) is 0 Å². The van der Waals surface area contributed by atoms with Crippen molar-refractivity contribution in [2.75, 3.05) is 0 Å². The van der Waals surface area contributed by atoms with E-state index in [1.807, 2.05) is 66.7 Å². The molecule has 0 amide bonds. The molecule has 2 aromatic heterocycles. The van der Waals surface area contributed by atoms with Crippen LogP contribution in [0.15, 0.2) is 112 Å². The van der Waals surface area contributed by atoms with Gasteiger partial charge >= 0.3 is 0 Å². The van der Waals surface area contributed by atoms with E-state index in [2.05, 4.69) is 82.5 Å². The second-order valence-electron chi connectivity index (χ2n) is 15.8. The lowest BCUT2D eigenvalue weighted by Gasteiger charge is -2.27. The molecular formula is C45H35NO4. The van der Waals surface area contributed by atoms with Gasteiger partial charge < -0.3 is 13.9 Å². The van der Waals surface area contributed by atoms with Crippen LogP contribution in [0.4, 0.5) is 0 Å². The first-order chi connectivity index (χ1) is 23.9. The largest absolute Gasteiger partial charge is 0.456 e. The van der Waals surface area contributed by atoms with Gasteiger partial charge in [0.05, 0.1) is 21.8 Å². The zero-order chi connectivity index (χ0) is 34.3. The van der Waals surface area contributed by atoms with Crippen molar-refractivity contribution in [1.82, 2.24) is 4.57 Å². The van der Waals surface area contributed by atoms with Gasteiger partial charge in [-0.25, -0.2) is 0 Å². The van der Waals surface area contributed by atoms with E-state index in [1.54, 1.807) is 0 Å². The van der Waals surface area contributed by atoms with Crippen LogP contribution in [-0.2, 0) is 10.8 Å². The van der Waals surface area contributed by atoms with Crippen LogP contribution in [0.1, 0.15) is 52.7 Å². The zero-order valence-electron chi connectivity index (χ0n) is 28.9. The standard InChI is InChI=1S/C45H35NO4/c1-44(2,3)28-17-26(18-29(23-28)45(4,5)6)25-13-15-31-38(21-25)48-34-16-14-24(19-33(34)43(31)47)27-20-32-30-9-7-10-35-40(30)46-41(32)39(22-27)50-37-12-8-11-36(49-35)42(37)46/h7-23H,1-6H3. The number of nitrogens with zero attached hydrogens (tertiary/aromatic N) is 1. The summed E-state index contributed by atoms with van der Waals surface area (Å²) in [6.45, 7) is 13.5. The second kappa shape index (κ2) is 9.66. The fourth-order valence-corrected chi connectivity index (χ4v) is 7.67. The fourth-order valence-electron chi connectivity index (χ4n) is 7.67. The van der Waals surface area contributed by atoms with E-state index in [4.69, 9.17) is 13.9 Å². The first-order valence-corrected chi connectivity index (χ1v) is 17.2. The summed E-state index contributed by atoms with van der Waals surface area (Å²) in [5, 5.41) is 3.28. The van der Waals surface area contributed by atoms with Crippen molar-refractivity contribution in [3.05, 3.63) is 124 Å². The molecule has 4 heterocycles. The number of para-hydroxylation sites is 2. The molecule has 2 aliphatic rings. The lowest BCUT2D eigenvalue weighted by Crippen LogP contribution is -2.16. The van der Waals surface area contributed by atoms with E-state index in [0.717, 1.165) is 72.7 Å². The number of fused-ring (bicyclic) bond motifs is 3. The highest BCUT2D eigenvalue weighted by Crippen LogP contribution is 2.54. The van der Waals surface area contributed by atoms with Gasteiger partial charge in [-0.15, -0.1) is 0 Å². The van der Waals surface area contributed by atoms with E-state index in [-0.39, 0.29) is 16.3 Å². The quantitative estimate of drug-likeness (QED) is 0.174. The number of aromatic nitrogens is 1. The molecule has 0 saturated heterocycles.